The third-order valence-corrected chi connectivity index (χ3v) is 5.48. The standard InChI is InChI=1S/C20H33N3O/c1-7-8-9-17(19(24)22-21)23-18-11-14(3)13(2)10-16(18)15(4)12-20(23,5)6/h10-11,15,17H,7-9,12,21H2,1-6H3,(H,22,24)/t15-,17-/m1/s1. The van der Waals surface area contributed by atoms with Crippen LogP contribution in [0, 0.1) is 13.8 Å². The van der Waals surface area contributed by atoms with E-state index in [9.17, 15) is 4.79 Å². The fourth-order valence-electron chi connectivity index (χ4n) is 4.17. The Balaban J connectivity index is 2.58. The topological polar surface area (TPSA) is 58.4 Å². The molecule has 1 amide bonds. The average molecular weight is 332 g/mol. The number of anilines is 1. The lowest BCUT2D eigenvalue weighted by molar-refractivity contribution is -0.123. The Bertz CT molecular complexity index is 609. The summed E-state index contributed by atoms with van der Waals surface area (Å²) in [6.07, 6.45) is 3.94. The second kappa shape index (κ2) is 7.14. The number of hydrazine groups is 1. The van der Waals surface area contributed by atoms with E-state index in [2.05, 4.69) is 64.0 Å². The van der Waals surface area contributed by atoms with E-state index >= 15 is 0 Å². The number of amides is 1. The maximum absolute atomic E-state index is 12.6. The molecule has 0 fully saturated rings. The summed E-state index contributed by atoms with van der Waals surface area (Å²) >= 11 is 0. The molecule has 0 aromatic heterocycles. The molecular formula is C20H33N3O. The number of unbranched alkanes of at least 4 members (excludes halogenated alkanes) is 1. The summed E-state index contributed by atoms with van der Waals surface area (Å²) in [6.45, 7) is 13.2. The van der Waals surface area contributed by atoms with Crippen LogP contribution in [0.2, 0.25) is 0 Å². The largest absolute Gasteiger partial charge is 0.354 e. The van der Waals surface area contributed by atoms with Crippen molar-refractivity contribution in [2.24, 2.45) is 5.84 Å². The van der Waals surface area contributed by atoms with Crippen molar-refractivity contribution in [2.75, 3.05) is 4.90 Å². The minimum absolute atomic E-state index is 0.0843. The van der Waals surface area contributed by atoms with Crippen molar-refractivity contribution in [3.63, 3.8) is 0 Å². The highest BCUT2D eigenvalue weighted by molar-refractivity contribution is 5.86. The van der Waals surface area contributed by atoms with Gasteiger partial charge in [0.15, 0.2) is 0 Å². The third kappa shape index (κ3) is 3.44. The minimum atomic E-state index is -0.224. The predicted molar refractivity (Wildman–Crippen MR) is 101 cm³/mol. The van der Waals surface area contributed by atoms with Crippen molar-refractivity contribution >= 4 is 11.6 Å². The summed E-state index contributed by atoms with van der Waals surface area (Å²) in [5, 5.41) is 0. The Hall–Kier alpha value is -1.55. The molecule has 4 nitrogen and oxygen atoms in total. The van der Waals surface area contributed by atoms with Crippen LogP contribution in [0.15, 0.2) is 12.1 Å². The molecule has 0 saturated carbocycles. The number of fused-ring (bicyclic) bond motifs is 1. The number of benzene rings is 1. The molecule has 0 aliphatic carbocycles. The van der Waals surface area contributed by atoms with E-state index in [0.29, 0.717) is 5.92 Å². The molecule has 2 atom stereocenters. The molecule has 134 valence electrons. The number of hydrogen-bond acceptors (Lipinski definition) is 3. The van der Waals surface area contributed by atoms with Crippen LogP contribution in [0.3, 0.4) is 0 Å². The van der Waals surface area contributed by atoms with Gasteiger partial charge < -0.3 is 4.90 Å². The SMILES string of the molecule is CCCC[C@H](C(=O)NN)N1c2cc(C)c(C)cc2[C@H](C)CC1(C)C. The molecule has 3 N–H and O–H groups in total. The first-order valence-corrected chi connectivity index (χ1v) is 9.13. The van der Waals surface area contributed by atoms with Crippen molar-refractivity contribution < 1.29 is 4.79 Å². The maximum Gasteiger partial charge on any atom is 0.256 e. The summed E-state index contributed by atoms with van der Waals surface area (Å²) in [4.78, 5) is 14.9. The molecule has 24 heavy (non-hydrogen) atoms. The van der Waals surface area contributed by atoms with E-state index in [1.54, 1.807) is 0 Å². The number of carbonyl (C=O) groups excluding carboxylic acids is 1. The van der Waals surface area contributed by atoms with Crippen molar-refractivity contribution in [3.8, 4) is 0 Å². The van der Waals surface area contributed by atoms with E-state index in [4.69, 9.17) is 5.84 Å². The molecule has 0 radical (unpaired) electrons. The molecule has 1 aromatic carbocycles. The molecule has 1 aliphatic rings. The van der Waals surface area contributed by atoms with Crippen molar-refractivity contribution in [3.05, 3.63) is 28.8 Å². The van der Waals surface area contributed by atoms with E-state index in [-0.39, 0.29) is 17.5 Å². The summed E-state index contributed by atoms with van der Waals surface area (Å²) < 4.78 is 0. The lowest BCUT2D eigenvalue weighted by atomic mass is 9.77. The predicted octanol–water partition coefficient (Wildman–Crippen LogP) is 3.94. The van der Waals surface area contributed by atoms with Crippen LogP contribution in [-0.4, -0.2) is 17.5 Å². The lowest BCUT2D eigenvalue weighted by Crippen LogP contribution is -2.59. The first-order valence-electron chi connectivity index (χ1n) is 9.13. The van der Waals surface area contributed by atoms with Crippen LogP contribution in [0.1, 0.15) is 76.0 Å². The van der Waals surface area contributed by atoms with E-state index < -0.39 is 0 Å². The number of nitrogens with zero attached hydrogens (tertiary/aromatic N) is 1. The van der Waals surface area contributed by atoms with Crippen LogP contribution >= 0.6 is 0 Å². The second-order valence-corrected chi connectivity index (χ2v) is 7.95. The Morgan fingerprint density at radius 2 is 2.00 bits per heavy atom. The molecule has 4 heteroatoms. The molecule has 1 heterocycles. The van der Waals surface area contributed by atoms with Gasteiger partial charge in [0.05, 0.1) is 0 Å². The van der Waals surface area contributed by atoms with Crippen LogP contribution < -0.4 is 16.2 Å². The number of aryl methyl sites for hydroxylation is 2. The van der Waals surface area contributed by atoms with Gasteiger partial charge in [-0.3, -0.25) is 10.2 Å². The van der Waals surface area contributed by atoms with Gasteiger partial charge in [-0.05, 0) is 69.2 Å². The molecular weight excluding hydrogens is 298 g/mol. The summed E-state index contributed by atoms with van der Waals surface area (Å²) in [5.74, 6) is 5.91. The molecule has 0 bridgehead atoms. The molecule has 2 rings (SSSR count). The van der Waals surface area contributed by atoms with Crippen LogP contribution in [0.25, 0.3) is 0 Å². The van der Waals surface area contributed by atoms with Crippen LogP contribution in [0.5, 0.6) is 0 Å². The number of nitrogens with two attached hydrogens (primary N) is 1. The van der Waals surface area contributed by atoms with Crippen LogP contribution in [0.4, 0.5) is 5.69 Å². The highest BCUT2D eigenvalue weighted by atomic mass is 16.2. The van der Waals surface area contributed by atoms with Gasteiger partial charge in [0.2, 0.25) is 0 Å². The van der Waals surface area contributed by atoms with E-state index in [0.717, 1.165) is 25.7 Å². The van der Waals surface area contributed by atoms with Gasteiger partial charge in [-0.1, -0.05) is 32.8 Å². The second-order valence-electron chi connectivity index (χ2n) is 7.95. The van der Waals surface area contributed by atoms with E-state index in [1.165, 1.54) is 22.4 Å². The van der Waals surface area contributed by atoms with Crippen molar-refractivity contribution in [2.45, 2.75) is 84.7 Å². The number of nitrogens with one attached hydrogen (secondary N) is 1. The molecule has 1 aliphatic heterocycles. The highest BCUT2D eigenvalue weighted by Crippen LogP contribution is 2.45. The molecule has 1 aromatic rings. The first-order chi connectivity index (χ1) is 11.2. The summed E-state index contributed by atoms with van der Waals surface area (Å²) in [7, 11) is 0. The Morgan fingerprint density at radius 3 is 2.58 bits per heavy atom. The maximum atomic E-state index is 12.6. The van der Waals surface area contributed by atoms with Crippen molar-refractivity contribution in [1.29, 1.82) is 0 Å². The molecule has 0 unspecified atom stereocenters. The quantitative estimate of drug-likeness (QED) is 0.488. The Kier molecular flexibility index (Phi) is 5.59. The molecule has 0 saturated heterocycles. The zero-order valence-electron chi connectivity index (χ0n) is 16.1. The normalized spacial score (nSPS) is 20.5. The average Bonchev–Trinajstić information content (AvgIpc) is 2.51. The number of rotatable bonds is 5. The van der Waals surface area contributed by atoms with Gasteiger partial charge in [-0.15, -0.1) is 0 Å². The van der Waals surface area contributed by atoms with Gasteiger partial charge in [0, 0.05) is 11.2 Å². The van der Waals surface area contributed by atoms with Gasteiger partial charge in [-0.25, -0.2) is 5.84 Å². The van der Waals surface area contributed by atoms with Gasteiger partial charge in [0.1, 0.15) is 6.04 Å². The van der Waals surface area contributed by atoms with E-state index in [1.807, 2.05) is 0 Å². The zero-order valence-corrected chi connectivity index (χ0v) is 16.1. The van der Waals surface area contributed by atoms with Crippen molar-refractivity contribution in [1.82, 2.24) is 5.43 Å². The monoisotopic (exact) mass is 331 g/mol. The zero-order chi connectivity index (χ0) is 18.1. The fraction of sp³-hybridized carbons (Fsp3) is 0.650. The summed E-state index contributed by atoms with van der Waals surface area (Å²) in [5.41, 5.74) is 7.45. The van der Waals surface area contributed by atoms with Gasteiger partial charge >= 0.3 is 0 Å². The Morgan fingerprint density at radius 1 is 1.38 bits per heavy atom. The highest BCUT2D eigenvalue weighted by Gasteiger charge is 2.42. The third-order valence-electron chi connectivity index (χ3n) is 5.48. The van der Waals surface area contributed by atoms with Crippen LogP contribution in [-0.2, 0) is 4.79 Å². The number of carbonyl (C=O) groups is 1. The lowest BCUT2D eigenvalue weighted by Gasteiger charge is -2.51. The fourth-order valence-corrected chi connectivity index (χ4v) is 4.17. The van der Waals surface area contributed by atoms with Gasteiger partial charge in [0.25, 0.3) is 5.91 Å². The number of hydrogen-bond donors (Lipinski definition) is 2. The Labute approximate surface area is 146 Å². The molecule has 0 spiro atoms. The smallest absolute Gasteiger partial charge is 0.256 e. The summed E-state index contributed by atoms with van der Waals surface area (Å²) in [6, 6.07) is 4.33. The first kappa shape index (κ1) is 18.8. The van der Waals surface area contributed by atoms with Gasteiger partial charge in [-0.2, -0.15) is 0 Å². The minimum Gasteiger partial charge on any atom is -0.354 e.